The van der Waals surface area contributed by atoms with Gasteiger partial charge in [0.25, 0.3) is 0 Å². The van der Waals surface area contributed by atoms with Crippen LogP contribution >= 0.6 is 11.3 Å². The minimum absolute atomic E-state index is 0.379. The van der Waals surface area contributed by atoms with E-state index in [9.17, 15) is 0 Å². The molecule has 3 heteroatoms. The summed E-state index contributed by atoms with van der Waals surface area (Å²) in [6.07, 6.45) is 3.75. The first-order chi connectivity index (χ1) is 9.13. The van der Waals surface area contributed by atoms with Gasteiger partial charge in [-0.15, -0.1) is 11.3 Å². The predicted molar refractivity (Wildman–Crippen MR) is 82.9 cm³/mol. The molecule has 1 N–H and O–H groups in total. The van der Waals surface area contributed by atoms with Crippen molar-refractivity contribution in [3.63, 3.8) is 0 Å². The average Bonchev–Trinajstić information content (AvgIpc) is 2.76. The third kappa shape index (κ3) is 3.23. The molecule has 2 rings (SSSR count). The Kier molecular flexibility index (Phi) is 4.72. The van der Waals surface area contributed by atoms with E-state index in [2.05, 4.69) is 56.2 Å². The number of pyridine rings is 1. The van der Waals surface area contributed by atoms with Crippen molar-refractivity contribution in [3.8, 4) is 0 Å². The van der Waals surface area contributed by atoms with Crippen molar-refractivity contribution < 1.29 is 0 Å². The topological polar surface area (TPSA) is 24.9 Å². The molecule has 0 aliphatic rings. The van der Waals surface area contributed by atoms with Crippen LogP contribution < -0.4 is 5.32 Å². The van der Waals surface area contributed by atoms with Gasteiger partial charge in [0, 0.05) is 34.1 Å². The van der Waals surface area contributed by atoms with E-state index in [0.29, 0.717) is 12.0 Å². The van der Waals surface area contributed by atoms with E-state index in [-0.39, 0.29) is 0 Å². The summed E-state index contributed by atoms with van der Waals surface area (Å²) in [5, 5.41) is 3.63. The smallest absolute Gasteiger partial charge is 0.0481 e. The summed E-state index contributed by atoms with van der Waals surface area (Å²) in [7, 11) is 0. The van der Waals surface area contributed by atoms with Crippen LogP contribution in [-0.4, -0.2) is 11.5 Å². The van der Waals surface area contributed by atoms with Gasteiger partial charge in [-0.1, -0.05) is 13.8 Å². The van der Waals surface area contributed by atoms with Crippen molar-refractivity contribution in [1.29, 1.82) is 0 Å². The van der Waals surface area contributed by atoms with Gasteiger partial charge in [0.2, 0.25) is 0 Å². The van der Waals surface area contributed by atoms with Crippen LogP contribution in [0.15, 0.2) is 30.6 Å². The lowest BCUT2D eigenvalue weighted by atomic mass is 9.92. The minimum Gasteiger partial charge on any atom is -0.309 e. The lowest BCUT2D eigenvalue weighted by molar-refractivity contribution is 0.486. The maximum Gasteiger partial charge on any atom is 0.0481 e. The Morgan fingerprint density at radius 3 is 2.47 bits per heavy atom. The Bertz CT molecular complexity index is 499. The summed E-state index contributed by atoms with van der Waals surface area (Å²) in [5.74, 6) is 0.445. The third-order valence-electron chi connectivity index (χ3n) is 3.65. The summed E-state index contributed by atoms with van der Waals surface area (Å²) >= 11 is 1.91. The maximum atomic E-state index is 4.11. The molecule has 19 heavy (non-hydrogen) atoms. The third-order valence-corrected chi connectivity index (χ3v) is 4.88. The predicted octanol–water partition coefficient (Wildman–Crippen LogP) is 4.21. The molecule has 2 unspecified atom stereocenters. The van der Waals surface area contributed by atoms with Gasteiger partial charge in [0.1, 0.15) is 0 Å². The minimum atomic E-state index is 0.379. The second-order valence-electron chi connectivity index (χ2n) is 4.99. The molecule has 0 aliphatic heterocycles. The second kappa shape index (κ2) is 6.31. The van der Waals surface area contributed by atoms with E-state index >= 15 is 0 Å². The van der Waals surface area contributed by atoms with Crippen molar-refractivity contribution in [2.75, 3.05) is 6.54 Å². The number of aromatic nitrogens is 1. The average molecular weight is 274 g/mol. The van der Waals surface area contributed by atoms with Crippen LogP contribution in [0.1, 0.15) is 46.7 Å². The molecule has 2 aromatic rings. The number of nitrogens with zero attached hydrogens (tertiary/aromatic N) is 1. The highest BCUT2D eigenvalue weighted by atomic mass is 32.1. The van der Waals surface area contributed by atoms with E-state index in [1.807, 2.05) is 23.7 Å². The van der Waals surface area contributed by atoms with Crippen LogP contribution in [0.2, 0.25) is 0 Å². The summed E-state index contributed by atoms with van der Waals surface area (Å²) in [6.45, 7) is 9.82. The Hall–Kier alpha value is -1.19. The van der Waals surface area contributed by atoms with Crippen LogP contribution in [0.25, 0.3) is 0 Å². The summed E-state index contributed by atoms with van der Waals surface area (Å²) in [4.78, 5) is 6.95. The van der Waals surface area contributed by atoms with Crippen LogP contribution in [0.5, 0.6) is 0 Å². The van der Waals surface area contributed by atoms with Gasteiger partial charge in [-0.3, -0.25) is 4.98 Å². The largest absolute Gasteiger partial charge is 0.309 e. The van der Waals surface area contributed by atoms with E-state index in [1.54, 1.807) is 0 Å². The standard InChI is InChI=1S/C16H22N2S/c1-5-18-16(15-10-11(2)13(4)19-15)12(3)14-6-8-17-9-7-14/h6-10,12,16,18H,5H2,1-4H3. The number of likely N-dealkylation sites (N-methyl/N-ethyl adjacent to an activating group) is 1. The summed E-state index contributed by atoms with van der Waals surface area (Å²) < 4.78 is 0. The van der Waals surface area contributed by atoms with Crippen LogP contribution in [0, 0.1) is 13.8 Å². The van der Waals surface area contributed by atoms with Crippen LogP contribution in [0.3, 0.4) is 0 Å². The Balaban J connectivity index is 2.29. The van der Waals surface area contributed by atoms with E-state index in [4.69, 9.17) is 0 Å². The Morgan fingerprint density at radius 2 is 1.95 bits per heavy atom. The monoisotopic (exact) mass is 274 g/mol. The highest BCUT2D eigenvalue weighted by molar-refractivity contribution is 7.12. The molecule has 0 spiro atoms. The zero-order chi connectivity index (χ0) is 13.8. The van der Waals surface area contributed by atoms with Gasteiger partial charge >= 0.3 is 0 Å². The Labute approximate surface area is 119 Å². The molecule has 0 saturated carbocycles. The zero-order valence-electron chi connectivity index (χ0n) is 12.1. The van der Waals surface area contributed by atoms with Gasteiger partial charge < -0.3 is 5.32 Å². The molecule has 2 atom stereocenters. The fourth-order valence-corrected chi connectivity index (χ4v) is 3.58. The lowest BCUT2D eigenvalue weighted by Crippen LogP contribution is -2.25. The first-order valence-electron chi connectivity index (χ1n) is 6.83. The number of nitrogens with one attached hydrogen (secondary N) is 1. The molecule has 0 radical (unpaired) electrons. The number of thiophene rings is 1. The fourth-order valence-electron chi connectivity index (χ4n) is 2.36. The SMILES string of the molecule is CCNC(c1cc(C)c(C)s1)C(C)c1ccncc1. The number of rotatable bonds is 5. The molecular formula is C16H22N2S. The van der Waals surface area contributed by atoms with Crippen LogP contribution in [-0.2, 0) is 0 Å². The van der Waals surface area contributed by atoms with E-state index < -0.39 is 0 Å². The molecule has 0 aliphatic carbocycles. The molecule has 2 aromatic heterocycles. The van der Waals surface area contributed by atoms with Crippen molar-refractivity contribution in [2.24, 2.45) is 0 Å². The summed E-state index contributed by atoms with van der Waals surface area (Å²) in [6, 6.07) is 6.93. The number of hydrogen-bond acceptors (Lipinski definition) is 3. The zero-order valence-corrected chi connectivity index (χ0v) is 12.9. The van der Waals surface area contributed by atoms with Gasteiger partial charge in [-0.05, 0) is 49.7 Å². The van der Waals surface area contributed by atoms with Crippen LogP contribution in [0.4, 0.5) is 0 Å². The molecule has 2 heterocycles. The highest BCUT2D eigenvalue weighted by Crippen LogP contribution is 2.35. The Morgan fingerprint density at radius 1 is 1.26 bits per heavy atom. The van der Waals surface area contributed by atoms with Crippen molar-refractivity contribution in [1.82, 2.24) is 10.3 Å². The van der Waals surface area contributed by atoms with E-state index in [1.165, 1.54) is 20.9 Å². The lowest BCUT2D eigenvalue weighted by Gasteiger charge is -2.24. The second-order valence-corrected chi connectivity index (χ2v) is 6.28. The first-order valence-corrected chi connectivity index (χ1v) is 7.65. The molecule has 0 aromatic carbocycles. The molecule has 0 amide bonds. The van der Waals surface area contributed by atoms with Gasteiger partial charge in [0.05, 0.1) is 0 Å². The van der Waals surface area contributed by atoms with Gasteiger partial charge in [-0.2, -0.15) is 0 Å². The number of hydrogen-bond donors (Lipinski definition) is 1. The maximum absolute atomic E-state index is 4.11. The molecule has 2 nitrogen and oxygen atoms in total. The normalized spacial score (nSPS) is 14.3. The number of aryl methyl sites for hydroxylation is 2. The molecule has 102 valence electrons. The highest BCUT2D eigenvalue weighted by Gasteiger charge is 2.22. The summed E-state index contributed by atoms with van der Waals surface area (Å²) in [5.41, 5.74) is 2.73. The fraction of sp³-hybridized carbons (Fsp3) is 0.438. The van der Waals surface area contributed by atoms with Crippen molar-refractivity contribution >= 4 is 11.3 Å². The van der Waals surface area contributed by atoms with Crippen molar-refractivity contribution in [2.45, 2.75) is 39.7 Å². The van der Waals surface area contributed by atoms with E-state index in [0.717, 1.165) is 6.54 Å². The van der Waals surface area contributed by atoms with Gasteiger partial charge in [-0.25, -0.2) is 0 Å². The quantitative estimate of drug-likeness (QED) is 0.883. The molecule has 0 fully saturated rings. The van der Waals surface area contributed by atoms with Crippen molar-refractivity contribution in [3.05, 3.63) is 51.5 Å². The first kappa shape index (κ1) is 14.2. The molecular weight excluding hydrogens is 252 g/mol. The van der Waals surface area contributed by atoms with Gasteiger partial charge in [0.15, 0.2) is 0 Å². The molecule has 0 bridgehead atoms. The molecule has 0 saturated heterocycles.